The third-order valence-electron chi connectivity index (χ3n) is 3.67. The molecule has 25 heavy (non-hydrogen) atoms. The van der Waals surface area contributed by atoms with Crippen molar-refractivity contribution in [3.63, 3.8) is 0 Å². The summed E-state index contributed by atoms with van der Waals surface area (Å²) in [5, 5.41) is 2.72. The topological polar surface area (TPSA) is 73.9 Å². The van der Waals surface area contributed by atoms with E-state index in [9.17, 15) is 14.0 Å². The number of hydrogen-bond donors (Lipinski definition) is 1. The molecule has 1 aliphatic rings. The van der Waals surface area contributed by atoms with Gasteiger partial charge in [0.1, 0.15) is 5.82 Å². The van der Waals surface area contributed by atoms with Crippen LogP contribution in [0.3, 0.4) is 0 Å². The molecule has 0 aliphatic carbocycles. The lowest BCUT2D eigenvalue weighted by Gasteiger charge is -2.15. The molecule has 0 unspecified atom stereocenters. The lowest BCUT2D eigenvalue weighted by atomic mass is 10.1. The zero-order valence-corrected chi connectivity index (χ0v) is 13.5. The Hall–Kier alpha value is -3.09. The zero-order chi connectivity index (χ0) is 17.8. The van der Waals surface area contributed by atoms with Crippen molar-refractivity contribution < 1.29 is 28.2 Å². The number of ether oxygens (including phenoxy) is 3. The fourth-order valence-corrected chi connectivity index (χ4v) is 2.38. The third-order valence-corrected chi connectivity index (χ3v) is 3.67. The van der Waals surface area contributed by atoms with E-state index >= 15 is 0 Å². The minimum atomic E-state index is -0.759. The molecular formula is C18H16FNO5. The Labute approximate surface area is 143 Å². The Balaban J connectivity index is 1.53. The van der Waals surface area contributed by atoms with E-state index in [2.05, 4.69) is 5.32 Å². The molecule has 130 valence electrons. The maximum Gasteiger partial charge on any atom is 0.338 e. The normalized spacial score (nSPS) is 13.2. The van der Waals surface area contributed by atoms with Gasteiger partial charge in [0, 0.05) is 0 Å². The van der Waals surface area contributed by atoms with Gasteiger partial charge < -0.3 is 19.5 Å². The monoisotopic (exact) mass is 345 g/mol. The van der Waals surface area contributed by atoms with Crippen LogP contribution in [0.1, 0.15) is 28.9 Å². The van der Waals surface area contributed by atoms with Crippen molar-refractivity contribution in [2.45, 2.75) is 13.0 Å². The van der Waals surface area contributed by atoms with Crippen LogP contribution in [-0.2, 0) is 9.53 Å². The van der Waals surface area contributed by atoms with Crippen molar-refractivity contribution in [1.82, 2.24) is 5.32 Å². The van der Waals surface area contributed by atoms with Gasteiger partial charge in [0.2, 0.25) is 6.79 Å². The van der Waals surface area contributed by atoms with Crippen LogP contribution in [0, 0.1) is 5.82 Å². The molecule has 0 aromatic heterocycles. The Morgan fingerprint density at radius 2 is 2.00 bits per heavy atom. The molecule has 1 aliphatic heterocycles. The van der Waals surface area contributed by atoms with Crippen LogP contribution in [0.15, 0.2) is 42.5 Å². The molecule has 1 heterocycles. The molecule has 0 spiro atoms. The molecule has 7 heteroatoms. The summed E-state index contributed by atoms with van der Waals surface area (Å²) >= 11 is 0. The van der Waals surface area contributed by atoms with Crippen LogP contribution < -0.4 is 14.8 Å². The van der Waals surface area contributed by atoms with Gasteiger partial charge in [0.15, 0.2) is 18.1 Å². The van der Waals surface area contributed by atoms with Gasteiger partial charge in [-0.1, -0.05) is 12.1 Å². The number of halogens is 1. The van der Waals surface area contributed by atoms with Gasteiger partial charge in [0.05, 0.1) is 11.6 Å². The van der Waals surface area contributed by atoms with Gasteiger partial charge in [-0.15, -0.1) is 0 Å². The van der Waals surface area contributed by atoms with Gasteiger partial charge in [-0.05, 0) is 42.8 Å². The van der Waals surface area contributed by atoms with Crippen molar-refractivity contribution in [3.8, 4) is 11.5 Å². The number of amides is 1. The van der Waals surface area contributed by atoms with Gasteiger partial charge in [-0.3, -0.25) is 4.79 Å². The Morgan fingerprint density at radius 3 is 2.80 bits per heavy atom. The average molecular weight is 345 g/mol. The minimum Gasteiger partial charge on any atom is -0.454 e. The van der Waals surface area contributed by atoms with Crippen LogP contribution in [0.25, 0.3) is 0 Å². The highest BCUT2D eigenvalue weighted by Crippen LogP contribution is 2.34. The van der Waals surface area contributed by atoms with Crippen molar-refractivity contribution >= 4 is 11.9 Å². The maximum atomic E-state index is 13.1. The standard InChI is InChI=1S/C18H16FNO5/c1-11(12-5-6-15-16(8-12)25-10-24-15)20-17(21)9-23-18(22)13-3-2-4-14(19)7-13/h2-8,11H,9-10H2,1H3,(H,20,21)/t11-/m0/s1. The van der Waals surface area contributed by atoms with Crippen LogP contribution in [0.4, 0.5) is 4.39 Å². The maximum absolute atomic E-state index is 13.1. The van der Waals surface area contributed by atoms with Crippen molar-refractivity contribution in [2.24, 2.45) is 0 Å². The van der Waals surface area contributed by atoms with E-state index in [0.29, 0.717) is 11.5 Å². The second kappa shape index (κ2) is 7.21. The highest BCUT2D eigenvalue weighted by molar-refractivity contribution is 5.91. The molecule has 0 bridgehead atoms. The Bertz CT molecular complexity index is 808. The summed E-state index contributed by atoms with van der Waals surface area (Å²) in [5.41, 5.74) is 0.880. The first-order chi connectivity index (χ1) is 12.0. The van der Waals surface area contributed by atoms with E-state index in [0.717, 1.165) is 11.6 Å². The predicted octanol–water partition coefficient (Wildman–Crippen LogP) is 2.59. The van der Waals surface area contributed by atoms with Crippen LogP contribution in [-0.4, -0.2) is 25.3 Å². The second-order valence-corrected chi connectivity index (χ2v) is 5.49. The molecular weight excluding hydrogens is 329 g/mol. The van der Waals surface area contributed by atoms with E-state index in [4.69, 9.17) is 14.2 Å². The highest BCUT2D eigenvalue weighted by atomic mass is 19.1. The fraction of sp³-hybridized carbons (Fsp3) is 0.222. The van der Waals surface area contributed by atoms with Gasteiger partial charge in [-0.25, -0.2) is 9.18 Å². The molecule has 6 nitrogen and oxygen atoms in total. The molecule has 3 rings (SSSR count). The van der Waals surface area contributed by atoms with E-state index in [1.54, 1.807) is 19.1 Å². The average Bonchev–Trinajstić information content (AvgIpc) is 3.07. The van der Waals surface area contributed by atoms with Crippen LogP contribution in [0.5, 0.6) is 11.5 Å². The number of carbonyl (C=O) groups is 2. The predicted molar refractivity (Wildman–Crippen MR) is 85.8 cm³/mol. The van der Waals surface area contributed by atoms with E-state index in [1.165, 1.54) is 18.2 Å². The largest absolute Gasteiger partial charge is 0.454 e. The van der Waals surface area contributed by atoms with E-state index < -0.39 is 24.3 Å². The summed E-state index contributed by atoms with van der Waals surface area (Å²) in [7, 11) is 0. The first-order valence-electron chi connectivity index (χ1n) is 7.64. The summed E-state index contributed by atoms with van der Waals surface area (Å²) in [5.74, 6) is -0.488. The van der Waals surface area contributed by atoms with Gasteiger partial charge in [-0.2, -0.15) is 0 Å². The molecule has 0 saturated heterocycles. The SMILES string of the molecule is C[C@H](NC(=O)COC(=O)c1cccc(F)c1)c1ccc2c(c1)OCO2. The number of hydrogen-bond acceptors (Lipinski definition) is 5. The first-order valence-corrected chi connectivity index (χ1v) is 7.64. The molecule has 0 fully saturated rings. The third kappa shape index (κ3) is 4.06. The van der Waals surface area contributed by atoms with Crippen molar-refractivity contribution in [3.05, 3.63) is 59.4 Å². The Morgan fingerprint density at radius 1 is 1.20 bits per heavy atom. The summed E-state index contributed by atoms with van der Waals surface area (Å²) in [6.07, 6.45) is 0. The molecule has 0 radical (unpaired) electrons. The molecule has 2 aromatic carbocycles. The number of rotatable bonds is 5. The molecule has 1 amide bonds. The highest BCUT2D eigenvalue weighted by Gasteiger charge is 2.17. The Kier molecular flexibility index (Phi) is 4.83. The quantitative estimate of drug-likeness (QED) is 0.843. The van der Waals surface area contributed by atoms with E-state index in [-0.39, 0.29) is 18.4 Å². The summed E-state index contributed by atoms with van der Waals surface area (Å²) < 4.78 is 28.5. The van der Waals surface area contributed by atoms with Crippen LogP contribution >= 0.6 is 0 Å². The van der Waals surface area contributed by atoms with E-state index in [1.807, 2.05) is 6.07 Å². The van der Waals surface area contributed by atoms with Crippen molar-refractivity contribution in [2.75, 3.05) is 13.4 Å². The lowest BCUT2D eigenvalue weighted by molar-refractivity contribution is -0.124. The van der Waals surface area contributed by atoms with Crippen LogP contribution in [0.2, 0.25) is 0 Å². The number of benzene rings is 2. The number of fused-ring (bicyclic) bond motifs is 1. The zero-order valence-electron chi connectivity index (χ0n) is 13.5. The minimum absolute atomic E-state index is 0.0524. The number of carbonyl (C=O) groups excluding carboxylic acids is 2. The molecule has 1 atom stereocenters. The summed E-state index contributed by atoms with van der Waals surface area (Å²) in [6.45, 7) is 1.52. The number of nitrogens with one attached hydrogen (secondary N) is 1. The summed E-state index contributed by atoms with van der Waals surface area (Å²) in [6, 6.07) is 10.1. The lowest BCUT2D eigenvalue weighted by Crippen LogP contribution is -2.31. The van der Waals surface area contributed by atoms with Crippen molar-refractivity contribution in [1.29, 1.82) is 0 Å². The smallest absolute Gasteiger partial charge is 0.338 e. The summed E-state index contributed by atoms with van der Waals surface area (Å²) in [4.78, 5) is 23.7. The number of esters is 1. The van der Waals surface area contributed by atoms with Gasteiger partial charge in [0.25, 0.3) is 5.91 Å². The first kappa shape index (κ1) is 16.8. The molecule has 0 saturated carbocycles. The molecule has 2 aromatic rings. The second-order valence-electron chi connectivity index (χ2n) is 5.49. The fourth-order valence-electron chi connectivity index (χ4n) is 2.38. The molecule has 1 N–H and O–H groups in total. The van der Waals surface area contributed by atoms with Gasteiger partial charge >= 0.3 is 5.97 Å².